The lowest BCUT2D eigenvalue weighted by molar-refractivity contribution is -0.113. The molecule has 0 aliphatic rings. The minimum Gasteiger partial charge on any atom is -0.322 e. The molecule has 4 aromatic rings. The third kappa shape index (κ3) is 6.31. The van der Waals surface area contributed by atoms with Crippen LogP contribution in [0.4, 0.5) is 10.8 Å². The molecule has 4 rings (SSSR count). The van der Waals surface area contributed by atoms with Crippen molar-refractivity contribution in [2.45, 2.75) is 18.7 Å². The van der Waals surface area contributed by atoms with Crippen molar-refractivity contribution < 1.29 is 9.59 Å². The molecule has 2 N–H and O–H groups in total. The van der Waals surface area contributed by atoms with Crippen molar-refractivity contribution in [2.75, 3.05) is 16.4 Å². The summed E-state index contributed by atoms with van der Waals surface area (Å²) in [6.07, 6.45) is 0. The second-order valence-electron chi connectivity index (χ2n) is 7.59. The molecule has 0 bridgehead atoms. The fourth-order valence-electron chi connectivity index (χ4n) is 3.12. The molecule has 7 heteroatoms. The Morgan fingerprint density at radius 2 is 1.67 bits per heavy atom. The van der Waals surface area contributed by atoms with Gasteiger partial charge in [-0.2, -0.15) is 0 Å². The first kappa shape index (κ1) is 22.8. The van der Waals surface area contributed by atoms with Crippen LogP contribution in [0.3, 0.4) is 0 Å². The van der Waals surface area contributed by atoms with Crippen LogP contribution >= 0.6 is 23.1 Å². The number of nitrogens with zero attached hydrogens (tertiary/aromatic N) is 1. The zero-order chi connectivity index (χ0) is 23.2. The van der Waals surface area contributed by atoms with Gasteiger partial charge in [-0.25, -0.2) is 4.98 Å². The van der Waals surface area contributed by atoms with Crippen molar-refractivity contribution in [1.82, 2.24) is 4.98 Å². The SMILES string of the molecule is Cc1ccc(-c2csc(NC(=O)CSc3ccc(NC(=O)c4cccc(C)c4)cc3)n2)cc1. The van der Waals surface area contributed by atoms with Gasteiger partial charge in [-0.1, -0.05) is 47.5 Å². The molecule has 0 aliphatic heterocycles. The predicted molar refractivity (Wildman–Crippen MR) is 137 cm³/mol. The Bertz CT molecular complexity index is 1270. The van der Waals surface area contributed by atoms with Gasteiger partial charge in [0, 0.05) is 27.1 Å². The minimum absolute atomic E-state index is 0.110. The van der Waals surface area contributed by atoms with E-state index in [0.29, 0.717) is 16.4 Å². The van der Waals surface area contributed by atoms with Crippen LogP contribution in [0.5, 0.6) is 0 Å². The molecule has 1 heterocycles. The van der Waals surface area contributed by atoms with Gasteiger partial charge in [-0.05, 0) is 50.2 Å². The van der Waals surface area contributed by atoms with Gasteiger partial charge in [0.25, 0.3) is 5.91 Å². The highest BCUT2D eigenvalue weighted by Crippen LogP contribution is 2.26. The fraction of sp³-hybridized carbons (Fsp3) is 0.115. The second kappa shape index (κ2) is 10.5. The van der Waals surface area contributed by atoms with E-state index in [1.807, 2.05) is 86.0 Å². The first-order valence-electron chi connectivity index (χ1n) is 10.4. The van der Waals surface area contributed by atoms with E-state index in [4.69, 9.17) is 0 Å². The Morgan fingerprint density at radius 3 is 2.39 bits per heavy atom. The van der Waals surface area contributed by atoms with E-state index in [0.717, 1.165) is 21.7 Å². The number of carbonyl (C=O) groups is 2. The maximum absolute atomic E-state index is 12.4. The van der Waals surface area contributed by atoms with Gasteiger partial charge < -0.3 is 10.6 Å². The molecule has 1 aromatic heterocycles. The first-order valence-corrected chi connectivity index (χ1v) is 12.3. The summed E-state index contributed by atoms with van der Waals surface area (Å²) in [7, 11) is 0. The molecular formula is C26H23N3O2S2. The third-order valence-electron chi connectivity index (χ3n) is 4.86. The van der Waals surface area contributed by atoms with Gasteiger partial charge in [-0.15, -0.1) is 23.1 Å². The minimum atomic E-state index is -0.146. The maximum atomic E-state index is 12.4. The normalized spacial score (nSPS) is 10.6. The molecule has 33 heavy (non-hydrogen) atoms. The van der Waals surface area contributed by atoms with Crippen LogP contribution in [-0.2, 0) is 4.79 Å². The average molecular weight is 474 g/mol. The molecule has 0 unspecified atom stereocenters. The lowest BCUT2D eigenvalue weighted by Gasteiger charge is -2.07. The number of amides is 2. The predicted octanol–water partition coefficient (Wildman–Crippen LogP) is 6.41. The number of rotatable bonds is 7. The molecule has 0 saturated carbocycles. The van der Waals surface area contributed by atoms with Gasteiger partial charge in [0.2, 0.25) is 5.91 Å². The van der Waals surface area contributed by atoms with Crippen molar-refractivity contribution in [3.8, 4) is 11.3 Å². The standard InChI is InChI=1S/C26H23N3O2S2/c1-17-6-8-19(9-7-17)23-15-33-26(28-23)29-24(30)16-32-22-12-10-21(11-13-22)27-25(31)20-5-3-4-18(2)14-20/h3-15H,16H2,1-2H3,(H,27,31)(H,28,29,30). The average Bonchev–Trinajstić information content (AvgIpc) is 3.27. The van der Waals surface area contributed by atoms with E-state index >= 15 is 0 Å². The van der Waals surface area contributed by atoms with Crippen LogP contribution in [0.1, 0.15) is 21.5 Å². The summed E-state index contributed by atoms with van der Waals surface area (Å²) in [4.78, 5) is 30.2. The Balaban J connectivity index is 1.27. The molecule has 3 aromatic carbocycles. The van der Waals surface area contributed by atoms with E-state index in [-0.39, 0.29) is 17.6 Å². The lowest BCUT2D eigenvalue weighted by atomic mass is 10.1. The van der Waals surface area contributed by atoms with Crippen LogP contribution in [0.2, 0.25) is 0 Å². The Kier molecular flexibility index (Phi) is 7.22. The summed E-state index contributed by atoms with van der Waals surface area (Å²) in [6, 6.07) is 23.1. The molecule has 166 valence electrons. The first-order chi connectivity index (χ1) is 16.0. The van der Waals surface area contributed by atoms with Crippen molar-refractivity contribution in [2.24, 2.45) is 0 Å². The fourth-order valence-corrected chi connectivity index (χ4v) is 4.55. The number of thiazole rings is 1. The molecule has 2 amide bonds. The zero-order valence-corrected chi connectivity index (χ0v) is 19.9. The van der Waals surface area contributed by atoms with Crippen LogP contribution in [-0.4, -0.2) is 22.6 Å². The number of hydrogen-bond donors (Lipinski definition) is 2. The summed E-state index contributed by atoms with van der Waals surface area (Å²) < 4.78 is 0. The van der Waals surface area contributed by atoms with Crippen molar-refractivity contribution in [3.63, 3.8) is 0 Å². The van der Waals surface area contributed by atoms with E-state index < -0.39 is 0 Å². The third-order valence-corrected chi connectivity index (χ3v) is 6.63. The Hall–Kier alpha value is -3.42. The summed E-state index contributed by atoms with van der Waals surface area (Å²) in [5.41, 5.74) is 5.45. The van der Waals surface area contributed by atoms with Crippen molar-refractivity contribution in [1.29, 1.82) is 0 Å². The molecule has 0 spiro atoms. The number of hydrogen-bond acceptors (Lipinski definition) is 5. The molecule has 0 atom stereocenters. The molecule has 0 saturated heterocycles. The monoisotopic (exact) mass is 473 g/mol. The van der Waals surface area contributed by atoms with E-state index in [1.54, 1.807) is 6.07 Å². The van der Waals surface area contributed by atoms with Crippen LogP contribution in [0.15, 0.2) is 83.1 Å². The molecular weight excluding hydrogens is 450 g/mol. The topological polar surface area (TPSA) is 71.1 Å². The highest BCUT2D eigenvalue weighted by Gasteiger charge is 2.10. The number of thioether (sulfide) groups is 1. The van der Waals surface area contributed by atoms with E-state index in [9.17, 15) is 9.59 Å². The van der Waals surface area contributed by atoms with Gasteiger partial charge in [0.05, 0.1) is 11.4 Å². The van der Waals surface area contributed by atoms with Crippen LogP contribution in [0, 0.1) is 13.8 Å². The van der Waals surface area contributed by atoms with Crippen LogP contribution in [0.25, 0.3) is 11.3 Å². The summed E-state index contributed by atoms with van der Waals surface area (Å²) in [5.74, 6) is 0.0163. The molecule has 0 radical (unpaired) electrons. The van der Waals surface area contributed by atoms with Crippen molar-refractivity contribution >= 4 is 45.7 Å². The molecule has 0 aliphatic carbocycles. The molecule has 5 nitrogen and oxygen atoms in total. The zero-order valence-electron chi connectivity index (χ0n) is 18.3. The number of nitrogens with one attached hydrogen (secondary N) is 2. The number of anilines is 2. The maximum Gasteiger partial charge on any atom is 0.255 e. The summed E-state index contributed by atoms with van der Waals surface area (Å²) in [6.45, 7) is 4.00. The van der Waals surface area contributed by atoms with Gasteiger partial charge in [0.15, 0.2) is 5.13 Å². The summed E-state index contributed by atoms with van der Waals surface area (Å²) >= 11 is 2.84. The highest BCUT2D eigenvalue weighted by atomic mass is 32.2. The lowest BCUT2D eigenvalue weighted by Crippen LogP contribution is -2.13. The summed E-state index contributed by atoms with van der Waals surface area (Å²) in [5, 5.41) is 8.29. The van der Waals surface area contributed by atoms with Crippen LogP contribution < -0.4 is 10.6 Å². The Labute approximate surface area is 201 Å². The van der Waals surface area contributed by atoms with Gasteiger partial charge in [-0.3, -0.25) is 9.59 Å². The Morgan fingerprint density at radius 1 is 0.909 bits per heavy atom. The van der Waals surface area contributed by atoms with E-state index in [2.05, 4.69) is 15.6 Å². The van der Waals surface area contributed by atoms with Crippen molar-refractivity contribution in [3.05, 3.63) is 94.9 Å². The number of aromatic nitrogens is 1. The smallest absolute Gasteiger partial charge is 0.255 e. The largest absolute Gasteiger partial charge is 0.322 e. The number of carbonyl (C=O) groups excluding carboxylic acids is 2. The highest BCUT2D eigenvalue weighted by molar-refractivity contribution is 8.00. The van der Waals surface area contributed by atoms with E-state index in [1.165, 1.54) is 28.7 Å². The number of benzene rings is 3. The molecule has 0 fully saturated rings. The second-order valence-corrected chi connectivity index (χ2v) is 9.50. The van der Waals surface area contributed by atoms with Gasteiger partial charge in [0.1, 0.15) is 0 Å². The van der Waals surface area contributed by atoms with Gasteiger partial charge >= 0.3 is 0 Å². The number of aryl methyl sites for hydroxylation is 2. The quantitative estimate of drug-likeness (QED) is 0.304.